The second kappa shape index (κ2) is 10.5. The van der Waals surface area contributed by atoms with Crippen LogP contribution in [0.5, 0.6) is 5.75 Å². The number of methoxy groups -OCH3 is 1. The molecule has 1 aliphatic heterocycles. The number of hydrogen-bond donors (Lipinski definition) is 1. The number of benzene rings is 1. The molecule has 0 unspecified atom stereocenters. The van der Waals surface area contributed by atoms with Gasteiger partial charge in [0, 0.05) is 23.0 Å². The van der Waals surface area contributed by atoms with Gasteiger partial charge in [0.15, 0.2) is 6.61 Å². The van der Waals surface area contributed by atoms with Crippen LogP contribution in [0.25, 0.3) is 0 Å². The van der Waals surface area contributed by atoms with Gasteiger partial charge < -0.3 is 14.8 Å². The third-order valence-electron chi connectivity index (χ3n) is 4.48. The van der Waals surface area contributed by atoms with Crippen LogP contribution in [0.1, 0.15) is 27.7 Å². The first-order chi connectivity index (χ1) is 13.4. The summed E-state index contributed by atoms with van der Waals surface area (Å²) in [4.78, 5) is 28.1. The van der Waals surface area contributed by atoms with E-state index in [0.717, 1.165) is 36.5 Å². The van der Waals surface area contributed by atoms with Gasteiger partial charge in [0.1, 0.15) is 10.8 Å². The molecule has 1 aliphatic rings. The molecule has 0 aliphatic carbocycles. The first kappa shape index (κ1) is 23.8. The van der Waals surface area contributed by atoms with E-state index < -0.39 is 5.97 Å². The third-order valence-corrected chi connectivity index (χ3v) is 6.14. The van der Waals surface area contributed by atoms with Gasteiger partial charge in [0.25, 0.3) is 5.91 Å². The first-order valence-corrected chi connectivity index (χ1v) is 10.3. The number of carbonyl (C=O) groups excluding carboxylic acids is 2. The minimum Gasteiger partial charge on any atom is -0.482 e. The number of halogens is 3. The maximum atomic E-state index is 12.4. The smallest absolute Gasteiger partial charge is 0.341 e. The van der Waals surface area contributed by atoms with Gasteiger partial charge in [-0.25, -0.2) is 4.79 Å². The Morgan fingerprint density at radius 2 is 2.07 bits per heavy atom. The van der Waals surface area contributed by atoms with Crippen molar-refractivity contribution >= 4 is 63.8 Å². The summed E-state index contributed by atoms with van der Waals surface area (Å²) >= 11 is 13.3. The summed E-state index contributed by atoms with van der Waals surface area (Å²) in [6.45, 7) is 4.42. The molecule has 1 amide bonds. The molecule has 29 heavy (non-hydrogen) atoms. The van der Waals surface area contributed by atoms with Gasteiger partial charge in [-0.3, -0.25) is 9.69 Å². The number of nitrogens with zero attached hydrogens (tertiary/aromatic N) is 1. The van der Waals surface area contributed by atoms with Gasteiger partial charge in [-0.05, 0) is 36.7 Å². The van der Waals surface area contributed by atoms with Crippen LogP contribution in [0.15, 0.2) is 18.2 Å². The lowest BCUT2D eigenvalue weighted by Gasteiger charge is -2.25. The van der Waals surface area contributed by atoms with E-state index in [1.54, 1.807) is 18.2 Å². The highest BCUT2D eigenvalue weighted by Gasteiger charge is 2.28. The topological polar surface area (TPSA) is 67.9 Å². The Hall–Kier alpha value is -1.51. The summed E-state index contributed by atoms with van der Waals surface area (Å²) in [6, 6.07) is 4.77. The van der Waals surface area contributed by atoms with Crippen LogP contribution < -0.4 is 10.1 Å². The monoisotopic (exact) mass is 478 g/mol. The standard InChI is InChI=1S/C19H20Cl2N2O4S.ClH/c1-3-23-7-6-12-15(9-23)28-18(17(12)19(25)26-2)22-16(24)10-27-14-5-4-11(20)8-13(14)21;/h4-5,8H,3,6-7,9-10H2,1-2H3,(H,22,24);1H. The average molecular weight is 480 g/mol. The van der Waals surface area contributed by atoms with Gasteiger partial charge in [-0.15, -0.1) is 23.7 Å². The van der Waals surface area contributed by atoms with E-state index >= 15 is 0 Å². The van der Waals surface area contributed by atoms with E-state index in [1.807, 2.05) is 0 Å². The predicted molar refractivity (Wildman–Crippen MR) is 118 cm³/mol. The fourth-order valence-electron chi connectivity index (χ4n) is 3.03. The highest BCUT2D eigenvalue weighted by atomic mass is 35.5. The molecule has 1 N–H and O–H groups in total. The maximum Gasteiger partial charge on any atom is 0.341 e. The summed E-state index contributed by atoms with van der Waals surface area (Å²) in [6.07, 6.45) is 0.747. The van der Waals surface area contributed by atoms with Crippen LogP contribution >= 0.6 is 46.9 Å². The van der Waals surface area contributed by atoms with Crippen molar-refractivity contribution in [1.82, 2.24) is 4.90 Å². The largest absolute Gasteiger partial charge is 0.482 e. The van der Waals surface area contributed by atoms with E-state index in [0.29, 0.717) is 26.4 Å². The Balaban J connectivity index is 0.00000300. The Labute approximate surface area is 189 Å². The molecule has 0 atom stereocenters. The van der Waals surface area contributed by atoms with E-state index in [2.05, 4.69) is 17.1 Å². The molecule has 1 aromatic heterocycles. The maximum absolute atomic E-state index is 12.4. The van der Waals surface area contributed by atoms with E-state index in [1.165, 1.54) is 18.4 Å². The summed E-state index contributed by atoms with van der Waals surface area (Å²) in [5.41, 5.74) is 1.40. The van der Waals surface area contributed by atoms with Crippen molar-refractivity contribution in [3.05, 3.63) is 44.2 Å². The Kier molecular flexibility index (Phi) is 8.60. The molecule has 0 saturated carbocycles. The zero-order valence-corrected chi connectivity index (χ0v) is 19.1. The number of likely N-dealkylation sites (N-methyl/N-ethyl adjacent to an activating group) is 1. The number of esters is 1. The Morgan fingerprint density at radius 1 is 1.31 bits per heavy atom. The fraction of sp³-hybridized carbons (Fsp3) is 0.368. The molecule has 0 fully saturated rings. The van der Waals surface area contributed by atoms with Crippen LogP contribution in [-0.4, -0.2) is 43.6 Å². The second-order valence-corrected chi connectivity index (χ2v) is 8.18. The minimum absolute atomic E-state index is 0. The number of anilines is 1. The summed E-state index contributed by atoms with van der Waals surface area (Å²) in [5, 5.41) is 4.08. The molecular formula is C19H21Cl3N2O4S. The first-order valence-electron chi connectivity index (χ1n) is 8.75. The number of rotatable bonds is 6. The van der Waals surface area contributed by atoms with Crippen molar-refractivity contribution in [2.24, 2.45) is 0 Å². The van der Waals surface area contributed by atoms with Crippen molar-refractivity contribution in [3.8, 4) is 5.75 Å². The lowest BCUT2D eigenvalue weighted by Crippen LogP contribution is -2.30. The quantitative estimate of drug-likeness (QED) is 0.610. The molecule has 10 heteroatoms. The molecule has 6 nitrogen and oxygen atoms in total. The number of carbonyl (C=O) groups is 2. The van der Waals surface area contributed by atoms with Crippen LogP contribution in [0.2, 0.25) is 10.0 Å². The average Bonchev–Trinajstić information content (AvgIpc) is 3.03. The SMILES string of the molecule is CCN1CCc2c(sc(NC(=O)COc3ccc(Cl)cc3Cl)c2C(=O)OC)C1.Cl. The zero-order valence-electron chi connectivity index (χ0n) is 15.9. The van der Waals surface area contributed by atoms with E-state index in [-0.39, 0.29) is 24.9 Å². The number of hydrogen-bond acceptors (Lipinski definition) is 6. The van der Waals surface area contributed by atoms with Crippen molar-refractivity contribution in [1.29, 1.82) is 0 Å². The molecular weight excluding hydrogens is 459 g/mol. The Bertz CT molecular complexity index is 904. The predicted octanol–water partition coefficient (Wildman–Crippen LogP) is 4.66. The summed E-state index contributed by atoms with van der Waals surface area (Å²) in [7, 11) is 1.34. The molecule has 2 aromatic rings. The number of ether oxygens (including phenoxy) is 2. The van der Waals surface area contributed by atoms with Gasteiger partial charge in [-0.2, -0.15) is 0 Å². The molecule has 2 heterocycles. The van der Waals surface area contributed by atoms with Crippen LogP contribution in [-0.2, 0) is 22.5 Å². The lowest BCUT2D eigenvalue weighted by molar-refractivity contribution is -0.118. The second-order valence-electron chi connectivity index (χ2n) is 6.23. The van der Waals surface area contributed by atoms with E-state index in [9.17, 15) is 9.59 Å². The molecule has 0 spiro atoms. The Morgan fingerprint density at radius 3 is 2.72 bits per heavy atom. The van der Waals surface area contributed by atoms with Gasteiger partial charge in [0.2, 0.25) is 0 Å². The number of amides is 1. The molecule has 0 radical (unpaired) electrons. The normalized spacial score (nSPS) is 13.2. The van der Waals surface area contributed by atoms with Crippen LogP contribution in [0.3, 0.4) is 0 Å². The summed E-state index contributed by atoms with van der Waals surface area (Å²) in [5.74, 6) is -0.472. The lowest BCUT2D eigenvalue weighted by atomic mass is 10.0. The third kappa shape index (κ3) is 5.55. The molecule has 158 valence electrons. The minimum atomic E-state index is -0.445. The summed E-state index contributed by atoms with van der Waals surface area (Å²) < 4.78 is 10.4. The highest BCUT2D eigenvalue weighted by Crippen LogP contribution is 2.37. The van der Waals surface area contributed by atoms with Gasteiger partial charge in [0.05, 0.1) is 17.7 Å². The highest BCUT2D eigenvalue weighted by molar-refractivity contribution is 7.17. The van der Waals surface area contributed by atoms with Crippen molar-refractivity contribution in [2.45, 2.75) is 19.9 Å². The van der Waals surface area contributed by atoms with E-state index in [4.69, 9.17) is 32.7 Å². The molecule has 3 rings (SSSR count). The molecule has 1 aromatic carbocycles. The number of nitrogens with one attached hydrogen (secondary N) is 1. The van der Waals surface area contributed by atoms with Crippen LogP contribution in [0, 0.1) is 0 Å². The molecule has 0 saturated heterocycles. The fourth-order valence-corrected chi connectivity index (χ4v) is 4.79. The molecule has 0 bridgehead atoms. The van der Waals surface area contributed by atoms with Crippen molar-refractivity contribution < 1.29 is 19.1 Å². The van der Waals surface area contributed by atoms with Crippen molar-refractivity contribution in [2.75, 3.05) is 32.1 Å². The van der Waals surface area contributed by atoms with Crippen LogP contribution in [0.4, 0.5) is 5.00 Å². The van der Waals surface area contributed by atoms with Crippen molar-refractivity contribution in [3.63, 3.8) is 0 Å². The van der Waals surface area contributed by atoms with Gasteiger partial charge >= 0.3 is 5.97 Å². The number of fused-ring (bicyclic) bond motifs is 1. The van der Waals surface area contributed by atoms with Gasteiger partial charge in [-0.1, -0.05) is 30.1 Å². The number of thiophene rings is 1. The zero-order chi connectivity index (χ0) is 20.3.